The Labute approximate surface area is 243 Å². The number of rotatable bonds is 5. The van der Waals surface area contributed by atoms with E-state index in [2.05, 4.69) is 15.3 Å². The predicted molar refractivity (Wildman–Crippen MR) is 148 cm³/mol. The molecule has 10 nitrogen and oxygen atoms in total. The summed E-state index contributed by atoms with van der Waals surface area (Å²) in [6.45, 7) is 0.514. The number of sulfone groups is 1. The molecule has 0 bridgehead atoms. The predicted octanol–water partition coefficient (Wildman–Crippen LogP) is 4.30. The number of alkyl halides is 2. The van der Waals surface area contributed by atoms with Crippen molar-refractivity contribution in [2.75, 3.05) is 24.7 Å². The van der Waals surface area contributed by atoms with Crippen LogP contribution in [0.25, 0.3) is 10.9 Å². The van der Waals surface area contributed by atoms with Gasteiger partial charge in [0.2, 0.25) is 15.3 Å². The molecular formula is C29H24F3N5O5S. The second kappa shape index (κ2) is 10.4. The number of ether oxygens (including phenoxy) is 2. The van der Waals surface area contributed by atoms with Crippen molar-refractivity contribution < 1.29 is 35.9 Å². The zero-order chi connectivity index (χ0) is 29.9. The Morgan fingerprint density at radius 1 is 1.07 bits per heavy atom. The molecular weight excluding hydrogens is 587 g/mol. The van der Waals surface area contributed by atoms with E-state index in [-0.39, 0.29) is 24.6 Å². The van der Waals surface area contributed by atoms with E-state index in [1.165, 1.54) is 0 Å². The lowest BCUT2D eigenvalue weighted by atomic mass is 10.2. The number of carbonyl (C=O) groups is 1. The smallest absolute Gasteiger partial charge is 0.251 e. The molecule has 3 aromatic heterocycles. The highest BCUT2D eigenvalue weighted by Crippen LogP contribution is 2.45. The van der Waals surface area contributed by atoms with E-state index in [4.69, 9.17) is 14.5 Å². The third kappa shape index (κ3) is 4.98. The summed E-state index contributed by atoms with van der Waals surface area (Å²) < 4.78 is 78.5. The maximum atomic E-state index is 14.7. The molecule has 1 fully saturated rings. The van der Waals surface area contributed by atoms with Gasteiger partial charge in [-0.2, -0.15) is 0 Å². The first kappa shape index (κ1) is 27.4. The minimum absolute atomic E-state index is 0.0779. The molecule has 7 rings (SSSR count). The van der Waals surface area contributed by atoms with Crippen LogP contribution in [0, 0.1) is 5.82 Å². The number of pyridine rings is 3. The van der Waals surface area contributed by atoms with E-state index < -0.39 is 50.3 Å². The Balaban J connectivity index is 1.12. The number of nitrogens with zero attached hydrogens (tertiary/aromatic N) is 4. The Kier molecular flexibility index (Phi) is 6.60. The molecule has 14 heteroatoms. The lowest BCUT2D eigenvalue weighted by Crippen LogP contribution is -2.30. The molecule has 43 heavy (non-hydrogen) atoms. The summed E-state index contributed by atoms with van der Waals surface area (Å²) in [7, 11) is -4.53. The van der Waals surface area contributed by atoms with Crippen LogP contribution < -0.4 is 19.7 Å². The van der Waals surface area contributed by atoms with Gasteiger partial charge < -0.3 is 19.7 Å². The Bertz CT molecular complexity index is 1890. The second-order valence-corrected chi connectivity index (χ2v) is 12.6. The van der Waals surface area contributed by atoms with Crippen molar-refractivity contribution >= 4 is 38.3 Å². The van der Waals surface area contributed by atoms with Crippen LogP contribution in [0.15, 0.2) is 53.6 Å². The Hall–Kier alpha value is -4.46. The van der Waals surface area contributed by atoms with E-state index in [1.807, 2.05) is 17.0 Å². The maximum absolute atomic E-state index is 14.7. The summed E-state index contributed by atoms with van der Waals surface area (Å²) in [6, 6.07) is 10.7. The van der Waals surface area contributed by atoms with Crippen molar-refractivity contribution in [2.45, 2.75) is 41.9 Å². The molecule has 3 aliphatic rings. The van der Waals surface area contributed by atoms with Gasteiger partial charge in [0, 0.05) is 35.2 Å². The van der Waals surface area contributed by atoms with Crippen molar-refractivity contribution in [2.24, 2.45) is 0 Å². The van der Waals surface area contributed by atoms with Gasteiger partial charge >= 0.3 is 0 Å². The highest BCUT2D eigenvalue weighted by atomic mass is 32.2. The van der Waals surface area contributed by atoms with E-state index in [0.717, 1.165) is 17.5 Å². The van der Waals surface area contributed by atoms with Crippen molar-refractivity contribution in [3.63, 3.8) is 0 Å². The number of hydrogen-bond donors (Lipinski definition) is 1. The quantitative estimate of drug-likeness (QED) is 0.352. The summed E-state index contributed by atoms with van der Waals surface area (Å²) in [4.78, 5) is 27.9. The number of aromatic nitrogens is 3. The zero-order valence-corrected chi connectivity index (χ0v) is 23.3. The summed E-state index contributed by atoms with van der Waals surface area (Å²) in [5, 5.41) is 3.33. The fraction of sp³-hybridized carbons (Fsp3) is 0.310. The minimum Gasteiger partial charge on any atom is -0.489 e. The number of halogens is 3. The molecule has 222 valence electrons. The van der Waals surface area contributed by atoms with Gasteiger partial charge in [-0.15, -0.1) is 0 Å². The summed E-state index contributed by atoms with van der Waals surface area (Å²) >= 11 is 0. The Morgan fingerprint density at radius 2 is 1.91 bits per heavy atom. The normalized spacial score (nSPS) is 22.0. The first-order chi connectivity index (χ1) is 20.7. The standard InChI is InChI=1S/C29H24F3N5O5S/c30-19-12-18(19)21-2-3-23-28(36-21)37(6-8-41-23)26-4-1-15-13-33-17(11-22(15)35-26)14-34-29(38)16-9-20(31)27-24(10-16)43(39,40)25(32)5-7-42-27/h1-4,9-11,13,18-19,25H,5-8,12,14H2,(H,34,38)/t18-,19-,25-/m1/s1. The van der Waals surface area contributed by atoms with Crippen LogP contribution >= 0.6 is 0 Å². The zero-order valence-electron chi connectivity index (χ0n) is 22.5. The van der Waals surface area contributed by atoms with Gasteiger partial charge in [0.15, 0.2) is 23.1 Å². The van der Waals surface area contributed by atoms with Gasteiger partial charge in [-0.3, -0.25) is 9.78 Å². The molecule has 2 aliphatic heterocycles. The minimum atomic E-state index is -4.53. The number of fused-ring (bicyclic) bond motifs is 3. The van der Waals surface area contributed by atoms with E-state index in [9.17, 15) is 26.4 Å². The average Bonchev–Trinajstić information content (AvgIpc) is 3.76. The van der Waals surface area contributed by atoms with Crippen LogP contribution in [0.4, 0.5) is 24.8 Å². The molecule has 0 unspecified atom stereocenters. The number of benzene rings is 1. The molecule has 1 aliphatic carbocycles. The molecule has 0 radical (unpaired) electrons. The molecule has 1 amide bonds. The number of hydrogen-bond acceptors (Lipinski definition) is 9. The van der Waals surface area contributed by atoms with E-state index in [0.29, 0.717) is 53.9 Å². The molecule has 5 heterocycles. The third-order valence-corrected chi connectivity index (χ3v) is 9.44. The van der Waals surface area contributed by atoms with Crippen LogP contribution in [0.3, 0.4) is 0 Å². The van der Waals surface area contributed by atoms with Gasteiger partial charge in [0.25, 0.3) is 5.91 Å². The Morgan fingerprint density at radius 3 is 2.72 bits per heavy atom. The second-order valence-electron chi connectivity index (χ2n) is 10.5. The SMILES string of the molecule is O=C(NCc1cc2nc(N3CCOc4ccc([C@@H]5C[C@H]5F)nc43)ccc2cn1)c1cc(F)c2c(c1)S(=O)(=O)[C@@H](F)CCO2. The van der Waals surface area contributed by atoms with E-state index in [1.54, 1.807) is 24.4 Å². The lowest BCUT2D eigenvalue weighted by molar-refractivity contribution is 0.0949. The lowest BCUT2D eigenvalue weighted by Gasteiger charge is -2.29. The van der Waals surface area contributed by atoms with Gasteiger partial charge in [0.1, 0.15) is 23.5 Å². The van der Waals surface area contributed by atoms with Crippen molar-refractivity contribution in [3.8, 4) is 11.5 Å². The fourth-order valence-electron chi connectivity index (χ4n) is 5.17. The van der Waals surface area contributed by atoms with Crippen molar-refractivity contribution in [1.82, 2.24) is 20.3 Å². The maximum Gasteiger partial charge on any atom is 0.251 e. The molecule has 1 N–H and O–H groups in total. The topological polar surface area (TPSA) is 124 Å². The highest BCUT2D eigenvalue weighted by Gasteiger charge is 2.41. The average molecular weight is 612 g/mol. The number of anilines is 2. The van der Waals surface area contributed by atoms with Crippen LogP contribution in [0.1, 0.15) is 40.5 Å². The monoisotopic (exact) mass is 611 g/mol. The number of carbonyl (C=O) groups excluding carboxylic acids is 1. The van der Waals surface area contributed by atoms with Crippen LogP contribution in [-0.4, -0.2) is 60.7 Å². The van der Waals surface area contributed by atoms with Crippen LogP contribution in [-0.2, 0) is 16.4 Å². The molecule has 0 spiro atoms. The molecule has 4 aromatic rings. The largest absolute Gasteiger partial charge is 0.489 e. The summed E-state index contributed by atoms with van der Waals surface area (Å²) in [5.41, 5.74) is -0.878. The van der Waals surface area contributed by atoms with Crippen LogP contribution in [0.5, 0.6) is 11.5 Å². The fourth-order valence-corrected chi connectivity index (χ4v) is 6.56. The molecule has 0 saturated heterocycles. The summed E-state index contributed by atoms with van der Waals surface area (Å²) in [5.74, 6) is -0.902. The molecule has 1 saturated carbocycles. The van der Waals surface area contributed by atoms with Crippen molar-refractivity contribution in [1.29, 1.82) is 0 Å². The molecule has 3 atom stereocenters. The molecule has 1 aromatic carbocycles. The van der Waals surface area contributed by atoms with Gasteiger partial charge in [-0.1, -0.05) is 0 Å². The van der Waals surface area contributed by atoms with Crippen LogP contribution in [0.2, 0.25) is 0 Å². The number of nitrogens with one attached hydrogen (secondary N) is 1. The first-order valence-corrected chi connectivity index (χ1v) is 15.2. The third-order valence-electron chi connectivity index (χ3n) is 7.61. The van der Waals surface area contributed by atoms with Crippen molar-refractivity contribution in [3.05, 3.63) is 71.4 Å². The van der Waals surface area contributed by atoms with Gasteiger partial charge in [-0.25, -0.2) is 31.6 Å². The highest BCUT2D eigenvalue weighted by molar-refractivity contribution is 7.92. The van der Waals surface area contributed by atoms with Gasteiger partial charge in [0.05, 0.1) is 30.9 Å². The van der Waals surface area contributed by atoms with Gasteiger partial charge in [-0.05, 0) is 48.9 Å². The van der Waals surface area contributed by atoms with E-state index >= 15 is 0 Å². The summed E-state index contributed by atoms with van der Waals surface area (Å²) in [6.07, 6.45) is 0.727. The number of amides is 1. The first-order valence-electron chi connectivity index (χ1n) is 13.6.